The Kier molecular flexibility index (Phi) is 5.53. The van der Waals surface area contributed by atoms with E-state index in [0.717, 1.165) is 35.0 Å². The summed E-state index contributed by atoms with van der Waals surface area (Å²) in [6.45, 7) is 0.738. The van der Waals surface area contributed by atoms with Crippen LogP contribution in [0.15, 0.2) is 42.5 Å². The second-order valence-electron chi connectivity index (χ2n) is 7.80. The van der Waals surface area contributed by atoms with Gasteiger partial charge in [-0.05, 0) is 72.4 Å². The van der Waals surface area contributed by atoms with Gasteiger partial charge in [0.15, 0.2) is 11.5 Å². The number of aromatic carboxylic acids is 1. The maximum Gasteiger partial charge on any atom is 0.161 e. The predicted octanol–water partition coefficient (Wildman–Crippen LogP) is 3.34. The molecular formula is C23H25O5-. The summed E-state index contributed by atoms with van der Waals surface area (Å²) >= 11 is 0. The van der Waals surface area contributed by atoms with Crippen LogP contribution in [0, 0.1) is 11.8 Å². The highest BCUT2D eigenvalue weighted by Gasteiger charge is 2.41. The van der Waals surface area contributed by atoms with E-state index in [1.54, 1.807) is 19.2 Å². The van der Waals surface area contributed by atoms with Crippen molar-refractivity contribution in [2.24, 2.45) is 11.8 Å². The number of carbonyl (C=O) groups excluding carboxylic acids is 1. The van der Waals surface area contributed by atoms with Gasteiger partial charge in [0.1, 0.15) is 6.10 Å². The third-order valence-corrected chi connectivity index (χ3v) is 5.88. The minimum Gasteiger partial charge on any atom is -0.545 e. The molecule has 2 aliphatic rings. The number of ether oxygens (including phenoxy) is 3. The van der Waals surface area contributed by atoms with Crippen molar-refractivity contribution in [2.75, 3.05) is 7.11 Å². The zero-order valence-electron chi connectivity index (χ0n) is 16.1. The monoisotopic (exact) mass is 381 g/mol. The summed E-state index contributed by atoms with van der Waals surface area (Å²) in [7, 11) is 1.66. The molecule has 0 radical (unpaired) electrons. The molecule has 5 heteroatoms. The Balaban J connectivity index is 1.38. The minimum absolute atomic E-state index is 0.159. The number of fused-ring (bicyclic) bond motifs is 2. The van der Waals surface area contributed by atoms with Crippen molar-refractivity contribution in [3.05, 3.63) is 59.2 Å². The zero-order valence-corrected chi connectivity index (χ0v) is 16.1. The molecule has 2 fully saturated rings. The fourth-order valence-corrected chi connectivity index (χ4v) is 4.47. The van der Waals surface area contributed by atoms with Crippen LogP contribution < -0.4 is 14.6 Å². The van der Waals surface area contributed by atoms with Gasteiger partial charge in [-0.15, -0.1) is 0 Å². The number of rotatable bonds is 8. The van der Waals surface area contributed by atoms with Gasteiger partial charge in [0.05, 0.1) is 26.3 Å². The molecular weight excluding hydrogens is 356 g/mol. The minimum atomic E-state index is -1.18. The Hall–Kier alpha value is -2.53. The first-order valence-corrected chi connectivity index (χ1v) is 9.84. The molecule has 148 valence electrons. The number of carbonyl (C=O) groups is 1. The summed E-state index contributed by atoms with van der Waals surface area (Å²) in [4.78, 5) is 11.0. The van der Waals surface area contributed by atoms with E-state index >= 15 is 0 Å². The predicted molar refractivity (Wildman–Crippen MR) is 102 cm³/mol. The Morgan fingerprint density at radius 2 is 1.86 bits per heavy atom. The Morgan fingerprint density at radius 1 is 1.04 bits per heavy atom. The second-order valence-corrected chi connectivity index (χ2v) is 7.80. The van der Waals surface area contributed by atoms with Gasteiger partial charge in [-0.2, -0.15) is 0 Å². The van der Waals surface area contributed by atoms with Crippen LogP contribution in [0.4, 0.5) is 0 Å². The van der Waals surface area contributed by atoms with Crippen molar-refractivity contribution in [1.29, 1.82) is 0 Å². The lowest BCUT2D eigenvalue weighted by Gasteiger charge is -2.24. The van der Waals surface area contributed by atoms with E-state index in [-0.39, 0.29) is 11.7 Å². The largest absolute Gasteiger partial charge is 0.545 e. The van der Waals surface area contributed by atoms with E-state index in [9.17, 15) is 9.90 Å². The highest BCUT2D eigenvalue weighted by Crippen LogP contribution is 2.46. The molecule has 0 aliphatic heterocycles. The second kappa shape index (κ2) is 8.23. The van der Waals surface area contributed by atoms with Crippen LogP contribution in [0.1, 0.15) is 47.2 Å². The van der Waals surface area contributed by atoms with Crippen molar-refractivity contribution in [2.45, 2.75) is 45.0 Å². The van der Waals surface area contributed by atoms with Crippen molar-refractivity contribution < 1.29 is 24.1 Å². The summed E-state index contributed by atoms with van der Waals surface area (Å²) in [5.74, 6) is 1.84. The van der Waals surface area contributed by atoms with E-state index in [0.29, 0.717) is 19.1 Å². The number of carboxylic acid groups (broad SMARTS) is 1. The summed E-state index contributed by atoms with van der Waals surface area (Å²) in [5, 5.41) is 11.0. The topological polar surface area (TPSA) is 67.8 Å². The first kappa shape index (κ1) is 18.8. The maximum atomic E-state index is 11.0. The lowest BCUT2D eigenvalue weighted by Crippen LogP contribution is -2.23. The average molecular weight is 381 g/mol. The lowest BCUT2D eigenvalue weighted by molar-refractivity contribution is -0.255. The van der Waals surface area contributed by atoms with E-state index in [2.05, 4.69) is 0 Å². The van der Waals surface area contributed by atoms with E-state index in [1.165, 1.54) is 25.3 Å². The van der Waals surface area contributed by atoms with Crippen molar-refractivity contribution in [1.82, 2.24) is 0 Å². The van der Waals surface area contributed by atoms with Gasteiger partial charge in [0.25, 0.3) is 0 Å². The molecule has 2 aromatic carbocycles. The van der Waals surface area contributed by atoms with Gasteiger partial charge >= 0.3 is 0 Å². The van der Waals surface area contributed by atoms with E-state index in [1.807, 2.05) is 24.3 Å². The Morgan fingerprint density at radius 3 is 2.54 bits per heavy atom. The quantitative estimate of drug-likeness (QED) is 0.702. The summed E-state index contributed by atoms with van der Waals surface area (Å²) in [6, 6.07) is 12.5. The number of methoxy groups -OCH3 is 1. The van der Waals surface area contributed by atoms with Gasteiger partial charge < -0.3 is 24.1 Å². The van der Waals surface area contributed by atoms with E-state index in [4.69, 9.17) is 14.2 Å². The van der Waals surface area contributed by atoms with Crippen LogP contribution in [-0.2, 0) is 18.0 Å². The molecule has 4 rings (SSSR count). The number of hydrogen-bond donors (Lipinski definition) is 0. The molecule has 0 N–H and O–H groups in total. The average Bonchev–Trinajstić information content (AvgIpc) is 3.32. The van der Waals surface area contributed by atoms with Gasteiger partial charge in [0, 0.05) is 0 Å². The fraction of sp³-hybridized carbons (Fsp3) is 0.435. The van der Waals surface area contributed by atoms with Gasteiger partial charge in [0.2, 0.25) is 0 Å². The summed E-state index contributed by atoms with van der Waals surface area (Å²) in [5.41, 5.74) is 1.95. The lowest BCUT2D eigenvalue weighted by atomic mass is 9.97. The molecule has 2 aliphatic carbocycles. The van der Waals surface area contributed by atoms with Crippen molar-refractivity contribution in [3.63, 3.8) is 0 Å². The number of carboxylic acids is 1. The van der Waals surface area contributed by atoms with Crippen LogP contribution in [0.3, 0.4) is 0 Å². The van der Waals surface area contributed by atoms with Crippen LogP contribution in [0.5, 0.6) is 11.5 Å². The zero-order chi connectivity index (χ0) is 19.5. The Labute approximate surface area is 165 Å². The maximum absolute atomic E-state index is 11.0. The first-order valence-electron chi connectivity index (χ1n) is 9.84. The molecule has 0 aromatic heterocycles. The molecule has 0 spiro atoms. The van der Waals surface area contributed by atoms with Crippen molar-refractivity contribution in [3.8, 4) is 11.5 Å². The smallest absolute Gasteiger partial charge is 0.161 e. The molecule has 0 saturated heterocycles. The van der Waals surface area contributed by atoms with Gasteiger partial charge in [-0.25, -0.2) is 0 Å². The normalized spacial score (nSPS) is 23.0. The molecule has 28 heavy (non-hydrogen) atoms. The fourth-order valence-electron chi connectivity index (χ4n) is 4.47. The molecule has 5 nitrogen and oxygen atoms in total. The SMILES string of the molecule is COc1ccc(COCc2cccc(C(=O)[O-])c2)cc1OC1CC2CCC1C2. The van der Waals surface area contributed by atoms with Crippen LogP contribution in [0.2, 0.25) is 0 Å². The molecule has 2 bridgehead atoms. The summed E-state index contributed by atoms with van der Waals surface area (Å²) in [6.07, 6.45) is 5.33. The molecule has 0 heterocycles. The van der Waals surface area contributed by atoms with Crippen LogP contribution in [0.25, 0.3) is 0 Å². The highest BCUT2D eigenvalue weighted by atomic mass is 16.5. The van der Waals surface area contributed by atoms with Crippen LogP contribution in [-0.4, -0.2) is 19.2 Å². The molecule has 2 saturated carbocycles. The molecule has 3 unspecified atom stereocenters. The summed E-state index contributed by atoms with van der Waals surface area (Å²) < 4.78 is 17.6. The van der Waals surface area contributed by atoms with Gasteiger partial charge in [-0.3, -0.25) is 0 Å². The first-order chi connectivity index (χ1) is 13.6. The highest BCUT2D eigenvalue weighted by molar-refractivity contribution is 5.85. The van der Waals surface area contributed by atoms with Crippen molar-refractivity contribution >= 4 is 5.97 Å². The number of hydrogen-bond acceptors (Lipinski definition) is 5. The number of benzene rings is 2. The molecule has 2 aromatic rings. The Bertz CT molecular complexity index is 847. The van der Waals surface area contributed by atoms with E-state index < -0.39 is 5.97 Å². The molecule has 3 atom stereocenters. The van der Waals surface area contributed by atoms with Crippen LogP contribution >= 0.6 is 0 Å². The standard InChI is InChI=1S/C23H26O5/c1-26-20-8-6-17(12-22(20)28-21-11-15-5-7-18(21)9-15)14-27-13-16-3-2-4-19(10-16)23(24)25/h2-4,6,8,10,12,15,18,21H,5,7,9,11,13-14H2,1H3,(H,24,25)/p-1. The third kappa shape index (κ3) is 4.14. The van der Waals surface area contributed by atoms with Gasteiger partial charge in [-0.1, -0.05) is 24.3 Å². The third-order valence-electron chi connectivity index (χ3n) is 5.88. The molecule has 0 amide bonds.